The van der Waals surface area contributed by atoms with Gasteiger partial charge in [0.15, 0.2) is 0 Å². The molecular weight excluding hydrogens is 270 g/mol. The van der Waals surface area contributed by atoms with Crippen molar-refractivity contribution < 1.29 is 14.5 Å². The molecule has 0 saturated heterocycles. The first-order chi connectivity index (χ1) is 9.99. The van der Waals surface area contributed by atoms with E-state index in [2.05, 4.69) is 0 Å². The molecule has 0 heterocycles. The first-order valence-electron chi connectivity index (χ1n) is 6.45. The molecule has 0 saturated carbocycles. The first-order valence-corrected chi connectivity index (χ1v) is 6.45. The van der Waals surface area contributed by atoms with Crippen LogP contribution in [0.4, 0.5) is 5.69 Å². The molecule has 0 fully saturated rings. The summed E-state index contributed by atoms with van der Waals surface area (Å²) in [5, 5.41) is 11.1. The van der Waals surface area contributed by atoms with Crippen LogP contribution in [0.25, 0.3) is 0 Å². The summed E-state index contributed by atoms with van der Waals surface area (Å²) in [7, 11) is 0. The minimum atomic E-state index is -0.688. The molecule has 5 heteroatoms. The number of carbonyl (C=O) groups is 1. The van der Waals surface area contributed by atoms with Crippen LogP contribution in [0.1, 0.15) is 27.0 Å². The fraction of sp³-hybridized carbons (Fsp3) is 0.188. The predicted molar refractivity (Wildman–Crippen MR) is 78.1 cm³/mol. The van der Waals surface area contributed by atoms with Gasteiger partial charge < -0.3 is 4.74 Å². The zero-order valence-corrected chi connectivity index (χ0v) is 11.8. The largest absolute Gasteiger partial charge is 0.457 e. The number of hydrogen-bond donors (Lipinski definition) is 0. The average molecular weight is 285 g/mol. The van der Waals surface area contributed by atoms with Gasteiger partial charge >= 0.3 is 5.97 Å². The van der Waals surface area contributed by atoms with Crippen LogP contribution in [-0.2, 0) is 11.3 Å². The maximum Gasteiger partial charge on any atom is 0.345 e. The van der Waals surface area contributed by atoms with Crippen LogP contribution in [0.15, 0.2) is 42.5 Å². The third kappa shape index (κ3) is 3.45. The molecule has 2 rings (SSSR count). The van der Waals surface area contributed by atoms with Gasteiger partial charge in [-0.05, 0) is 25.5 Å². The van der Waals surface area contributed by atoms with Gasteiger partial charge in [0.25, 0.3) is 5.69 Å². The highest BCUT2D eigenvalue weighted by molar-refractivity contribution is 5.94. The highest BCUT2D eigenvalue weighted by Gasteiger charge is 2.23. The lowest BCUT2D eigenvalue weighted by Gasteiger charge is -2.07. The Hall–Kier alpha value is -2.69. The van der Waals surface area contributed by atoms with Crippen molar-refractivity contribution in [2.24, 2.45) is 0 Å². The second-order valence-electron chi connectivity index (χ2n) is 4.79. The van der Waals surface area contributed by atoms with Gasteiger partial charge in [0.1, 0.15) is 12.2 Å². The van der Waals surface area contributed by atoms with Crippen molar-refractivity contribution in [3.05, 3.63) is 74.8 Å². The second-order valence-corrected chi connectivity index (χ2v) is 4.79. The van der Waals surface area contributed by atoms with E-state index in [0.29, 0.717) is 5.56 Å². The molecule has 2 aromatic rings. The summed E-state index contributed by atoms with van der Waals surface area (Å²) < 4.78 is 5.17. The number of nitrogens with zero attached hydrogens (tertiary/aromatic N) is 1. The normalized spacial score (nSPS) is 10.2. The summed E-state index contributed by atoms with van der Waals surface area (Å²) in [6.07, 6.45) is 0. The lowest BCUT2D eigenvalue weighted by molar-refractivity contribution is -0.385. The summed E-state index contributed by atoms with van der Waals surface area (Å²) in [5.41, 5.74) is 2.12. The van der Waals surface area contributed by atoms with Crippen LogP contribution in [-0.4, -0.2) is 10.9 Å². The summed E-state index contributed by atoms with van der Waals surface area (Å²) in [5.74, 6) is -0.688. The van der Waals surface area contributed by atoms with E-state index in [1.54, 1.807) is 19.1 Å². The molecule has 21 heavy (non-hydrogen) atoms. The molecule has 108 valence electrons. The maximum absolute atomic E-state index is 12.1. The molecule has 0 unspecified atom stereocenters. The number of esters is 1. The predicted octanol–water partition coefficient (Wildman–Crippen LogP) is 3.57. The molecule has 5 nitrogen and oxygen atoms in total. The van der Waals surface area contributed by atoms with Gasteiger partial charge in [0.2, 0.25) is 0 Å². The second kappa shape index (κ2) is 6.17. The minimum absolute atomic E-state index is 0.0207. The SMILES string of the molecule is Cc1cccc(COC(=O)c2cccc(C)c2[N+](=O)[O-])c1. The molecular formula is C16H15NO4. The number of ether oxygens (including phenoxy) is 1. The van der Waals surface area contributed by atoms with Gasteiger partial charge in [-0.15, -0.1) is 0 Å². The van der Waals surface area contributed by atoms with Crippen LogP contribution in [0.3, 0.4) is 0 Å². The summed E-state index contributed by atoms with van der Waals surface area (Å²) in [4.78, 5) is 22.6. The van der Waals surface area contributed by atoms with Crippen molar-refractivity contribution in [2.45, 2.75) is 20.5 Å². The lowest BCUT2D eigenvalue weighted by atomic mass is 10.1. The molecule has 0 radical (unpaired) electrons. The average Bonchev–Trinajstić information content (AvgIpc) is 2.44. The van der Waals surface area contributed by atoms with Crippen molar-refractivity contribution in [1.29, 1.82) is 0 Å². The van der Waals surface area contributed by atoms with Crippen LogP contribution >= 0.6 is 0 Å². The van der Waals surface area contributed by atoms with E-state index in [0.717, 1.165) is 11.1 Å². The quantitative estimate of drug-likeness (QED) is 0.489. The fourth-order valence-corrected chi connectivity index (χ4v) is 2.09. The molecule has 0 N–H and O–H groups in total. The first kappa shape index (κ1) is 14.7. The Bertz CT molecular complexity index is 694. The third-order valence-electron chi connectivity index (χ3n) is 3.09. The summed E-state index contributed by atoms with van der Waals surface area (Å²) in [6.45, 7) is 3.62. The van der Waals surface area contributed by atoms with Crippen LogP contribution < -0.4 is 0 Å². The zero-order valence-electron chi connectivity index (χ0n) is 11.8. The molecule has 0 aliphatic heterocycles. The Kier molecular flexibility index (Phi) is 4.33. The Balaban J connectivity index is 2.18. The van der Waals surface area contributed by atoms with Gasteiger partial charge in [-0.2, -0.15) is 0 Å². The van der Waals surface area contributed by atoms with Gasteiger partial charge in [0, 0.05) is 5.56 Å². The molecule has 0 atom stereocenters. The topological polar surface area (TPSA) is 69.4 Å². The number of aryl methyl sites for hydroxylation is 2. The number of hydrogen-bond acceptors (Lipinski definition) is 4. The maximum atomic E-state index is 12.1. The van der Waals surface area contributed by atoms with Gasteiger partial charge in [0.05, 0.1) is 4.92 Å². The molecule has 0 bridgehead atoms. The standard InChI is InChI=1S/C16H15NO4/c1-11-5-3-7-13(9-11)10-21-16(18)14-8-4-6-12(2)15(14)17(19)20/h3-9H,10H2,1-2H3. The van der Waals surface area contributed by atoms with E-state index < -0.39 is 10.9 Å². The molecule has 0 spiro atoms. The van der Waals surface area contributed by atoms with Crippen molar-refractivity contribution >= 4 is 11.7 Å². The van der Waals surface area contributed by atoms with Gasteiger partial charge in [-0.1, -0.05) is 42.0 Å². The van der Waals surface area contributed by atoms with Gasteiger partial charge in [-0.25, -0.2) is 4.79 Å². The number of nitro groups is 1. The van der Waals surface area contributed by atoms with E-state index in [4.69, 9.17) is 4.74 Å². The molecule has 0 aliphatic rings. The van der Waals surface area contributed by atoms with E-state index in [1.807, 2.05) is 31.2 Å². The van der Waals surface area contributed by atoms with E-state index in [1.165, 1.54) is 6.07 Å². The van der Waals surface area contributed by atoms with E-state index >= 15 is 0 Å². The zero-order chi connectivity index (χ0) is 15.4. The Morgan fingerprint density at radius 1 is 1.19 bits per heavy atom. The van der Waals surface area contributed by atoms with E-state index in [-0.39, 0.29) is 17.9 Å². The highest BCUT2D eigenvalue weighted by atomic mass is 16.6. The van der Waals surface area contributed by atoms with Crippen LogP contribution in [0, 0.1) is 24.0 Å². The Morgan fingerprint density at radius 3 is 2.57 bits per heavy atom. The molecule has 0 aliphatic carbocycles. The summed E-state index contributed by atoms with van der Waals surface area (Å²) in [6, 6.07) is 12.2. The molecule has 0 aromatic heterocycles. The smallest absolute Gasteiger partial charge is 0.345 e. The van der Waals surface area contributed by atoms with Crippen molar-refractivity contribution in [3.8, 4) is 0 Å². The van der Waals surface area contributed by atoms with Crippen LogP contribution in [0.2, 0.25) is 0 Å². The van der Waals surface area contributed by atoms with Crippen molar-refractivity contribution in [1.82, 2.24) is 0 Å². The number of nitro benzene ring substituents is 1. The number of benzene rings is 2. The highest BCUT2D eigenvalue weighted by Crippen LogP contribution is 2.24. The van der Waals surface area contributed by atoms with Gasteiger partial charge in [-0.3, -0.25) is 10.1 Å². The number of carbonyl (C=O) groups excluding carboxylic acids is 1. The fourth-order valence-electron chi connectivity index (χ4n) is 2.09. The molecule has 2 aromatic carbocycles. The molecule has 0 amide bonds. The minimum Gasteiger partial charge on any atom is -0.457 e. The lowest BCUT2D eigenvalue weighted by Crippen LogP contribution is -2.09. The van der Waals surface area contributed by atoms with E-state index in [9.17, 15) is 14.9 Å². The third-order valence-corrected chi connectivity index (χ3v) is 3.09. The van der Waals surface area contributed by atoms with Crippen molar-refractivity contribution in [3.63, 3.8) is 0 Å². The Labute approximate surface area is 122 Å². The number of para-hydroxylation sites is 1. The van der Waals surface area contributed by atoms with Crippen LogP contribution in [0.5, 0.6) is 0 Å². The Morgan fingerprint density at radius 2 is 1.90 bits per heavy atom. The number of rotatable bonds is 4. The van der Waals surface area contributed by atoms with Crippen molar-refractivity contribution in [2.75, 3.05) is 0 Å². The summed E-state index contributed by atoms with van der Waals surface area (Å²) >= 11 is 0. The monoisotopic (exact) mass is 285 g/mol.